The third-order valence-corrected chi connectivity index (χ3v) is 7.47. The number of nitrogens with one attached hydrogen (secondary N) is 1. The van der Waals surface area contributed by atoms with E-state index >= 15 is 0 Å². The van der Waals surface area contributed by atoms with E-state index in [0.717, 1.165) is 24.2 Å². The van der Waals surface area contributed by atoms with Gasteiger partial charge in [0.25, 0.3) is 5.91 Å². The third kappa shape index (κ3) is 5.33. The maximum Gasteiger partial charge on any atom is 0.253 e. The first-order chi connectivity index (χ1) is 14.3. The molecule has 2 aromatic carbocycles. The summed E-state index contributed by atoms with van der Waals surface area (Å²) in [7, 11) is -3.65. The molecule has 1 aliphatic heterocycles. The molecule has 0 spiro atoms. The fourth-order valence-electron chi connectivity index (χ4n) is 3.36. The topological polar surface area (TPSA) is 75.7 Å². The van der Waals surface area contributed by atoms with Gasteiger partial charge in [0.2, 0.25) is 10.0 Å². The zero-order chi connectivity index (χ0) is 21.7. The normalized spacial score (nSPS) is 15.7. The molecule has 1 heterocycles. The Labute approximate surface area is 183 Å². The molecule has 0 saturated carbocycles. The van der Waals surface area contributed by atoms with E-state index < -0.39 is 15.9 Å². The largest absolute Gasteiger partial charge is 0.494 e. The van der Waals surface area contributed by atoms with Crippen molar-refractivity contribution < 1.29 is 17.9 Å². The van der Waals surface area contributed by atoms with Crippen molar-refractivity contribution in [1.82, 2.24) is 9.62 Å². The SMILES string of the molecule is CCOc1ccc(CNC(=O)c2cc(S(=O)(=O)N3CCC(C)CC3)ccc2Cl)cc1. The van der Waals surface area contributed by atoms with E-state index in [9.17, 15) is 13.2 Å². The minimum atomic E-state index is -3.65. The van der Waals surface area contributed by atoms with Crippen LogP contribution in [0.25, 0.3) is 0 Å². The molecule has 0 unspecified atom stereocenters. The molecule has 3 rings (SSSR count). The first-order valence-corrected chi connectivity index (χ1v) is 11.9. The molecule has 0 aromatic heterocycles. The number of piperidine rings is 1. The number of carbonyl (C=O) groups excluding carboxylic acids is 1. The standard InChI is InChI=1S/C22H27ClN2O4S/c1-3-29-18-6-4-17(5-7-18)15-24-22(26)20-14-19(8-9-21(20)23)30(27,28)25-12-10-16(2)11-13-25/h4-9,14,16H,3,10-13,15H2,1-2H3,(H,24,26). The highest BCUT2D eigenvalue weighted by molar-refractivity contribution is 7.89. The average Bonchev–Trinajstić information content (AvgIpc) is 2.74. The second-order valence-electron chi connectivity index (χ2n) is 7.49. The molecule has 0 bridgehead atoms. The van der Waals surface area contributed by atoms with Crippen molar-refractivity contribution in [2.45, 2.75) is 38.1 Å². The number of carbonyl (C=O) groups is 1. The van der Waals surface area contributed by atoms with Crippen molar-refractivity contribution in [2.24, 2.45) is 5.92 Å². The van der Waals surface area contributed by atoms with Gasteiger partial charge in [-0.1, -0.05) is 30.7 Å². The van der Waals surface area contributed by atoms with Crippen molar-refractivity contribution in [2.75, 3.05) is 19.7 Å². The number of sulfonamides is 1. The van der Waals surface area contributed by atoms with Gasteiger partial charge in [-0.3, -0.25) is 4.79 Å². The number of hydrogen-bond donors (Lipinski definition) is 1. The number of benzene rings is 2. The smallest absolute Gasteiger partial charge is 0.253 e. The minimum absolute atomic E-state index is 0.0904. The Balaban J connectivity index is 1.71. The van der Waals surface area contributed by atoms with Gasteiger partial charge in [-0.25, -0.2) is 8.42 Å². The molecule has 0 atom stereocenters. The summed E-state index contributed by atoms with van der Waals surface area (Å²) in [5.41, 5.74) is 1.04. The van der Waals surface area contributed by atoms with E-state index in [1.807, 2.05) is 31.2 Å². The fourth-order valence-corrected chi connectivity index (χ4v) is 5.06. The Morgan fingerprint density at radius 3 is 2.47 bits per heavy atom. The summed E-state index contributed by atoms with van der Waals surface area (Å²) in [6, 6.07) is 11.7. The molecule has 1 N–H and O–H groups in total. The highest BCUT2D eigenvalue weighted by Crippen LogP contribution is 2.26. The van der Waals surface area contributed by atoms with E-state index in [-0.39, 0.29) is 15.5 Å². The summed E-state index contributed by atoms with van der Waals surface area (Å²) in [6.45, 7) is 5.90. The van der Waals surface area contributed by atoms with E-state index in [2.05, 4.69) is 12.2 Å². The van der Waals surface area contributed by atoms with Gasteiger partial charge < -0.3 is 10.1 Å². The van der Waals surface area contributed by atoms with Crippen LogP contribution < -0.4 is 10.1 Å². The third-order valence-electron chi connectivity index (χ3n) is 5.25. The lowest BCUT2D eigenvalue weighted by Crippen LogP contribution is -2.38. The Kier molecular flexibility index (Phi) is 7.39. The fraction of sp³-hybridized carbons (Fsp3) is 0.409. The Morgan fingerprint density at radius 2 is 1.83 bits per heavy atom. The van der Waals surface area contributed by atoms with Crippen molar-refractivity contribution in [3.63, 3.8) is 0 Å². The number of amides is 1. The summed E-state index contributed by atoms with van der Waals surface area (Å²) in [4.78, 5) is 12.8. The Morgan fingerprint density at radius 1 is 1.17 bits per heavy atom. The van der Waals surface area contributed by atoms with Gasteiger partial charge in [0.05, 0.1) is 22.1 Å². The van der Waals surface area contributed by atoms with Crippen LogP contribution in [0.5, 0.6) is 5.75 Å². The summed E-state index contributed by atoms with van der Waals surface area (Å²) in [5.74, 6) is 0.865. The van der Waals surface area contributed by atoms with Gasteiger partial charge in [-0.2, -0.15) is 4.31 Å². The number of ether oxygens (including phenoxy) is 1. The van der Waals surface area contributed by atoms with Crippen LogP contribution >= 0.6 is 11.6 Å². The molecule has 8 heteroatoms. The van der Waals surface area contributed by atoms with E-state index in [0.29, 0.717) is 32.2 Å². The predicted molar refractivity (Wildman–Crippen MR) is 117 cm³/mol. The molecule has 162 valence electrons. The molecule has 1 fully saturated rings. The summed E-state index contributed by atoms with van der Waals surface area (Å²) in [5, 5.41) is 3.01. The lowest BCUT2D eigenvalue weighted by molar-refractivity contribution is 0.0951. The van der Waals surface area contributed by atoms with Crippen molar-refractivity contribution in [3.8, 4) is 5.75 Å². The first kappa shape index (κ1) is 22.6. The maximum absolute atomic E-state index is 13.0. The van der Waals surface area contributed by atoms with Crippen molar-refractivity contribution in [1.29, 1.82) is 0 Å². The molecular weight excluding hydrogens is 424 g/mol. The molecule has 1 saturated heterocycles. The van der Waals surface area contributed by atoms with E-state index in [4.69, 9.17) is 16.3 Å². The van der Waals surface area contributed by atoms with Crippen LogP contribution in [0.2, 0.25) is 5.02 Å². The van der Waals surface area contributed by atoms with Crippen LogP contribution in [-0.2, 0) is 16.6 Å². The van der Waals surface area contributed by atoms with E-state index in [1.54, 1.807) is 0 Å². The molecule has 1 amide bonds. The van der Waals surface area contributed by atoms with Crippen molar-refractivity contribution >= 4 is 27.5 Å². The molecule has 30 heavy (non-hydrogen) atoms. The second-order valence-corrected chi connectivity index (χ2v) is 9.83. The summed E-state index contributed by atoms with van der Waals surface area (Å²) >= 11 is 6.20. The maximum atomic E-state index is 13.0. The van der Waals surface area contributed by atoms with Gasteiger partial charge in [0, 0.05) is 19.6 Å². The quantitative estimate of drug-likeness (QED) is 0.689. The highest BCUT2D eigenvalue weighted by atomic mass is 35.5. The summed E-state index contributed by atoms with van der Waals surface area (Å²) in [6.07, 6.45) is 1.67. The van der Waals surface area contributed by atoms with Gasteiger partial charge >= 0.3 is 0 Å². The number of rotatable bonds is 7. The zero-order valence-electron chi connectivity index (χ0n) is 17.2. The zero-order valence-corrected chi connectivity index (χ0v) is 18.8. The van der Waals surface area contributed by atoms with Crippen LogP contribution in [0.3, 0.4) is 0 Å². The summed E-state index contributed by atoms with van der Waals surface area (Å²) < 4.78 is 32.9. The highest BCUT2D eigenvalue weighted by Gasteiger charge is 2.29. The molecule has 0 radical (unpaired) electrons. The van der Waals surface area contributed by atoms with Crippen LogP contribution in [0.4, 0.5) is 0 Å². The molecular formula is C22H27ClN2O4S. The van der Waals surface area contributed by atoms with Gasteiger partial charge in [0.1, 0.15) is 5.75 Å². The second kappa shape index (κ2) is 9.81. The van der Waals surface area contributed by atoms with Crippen LogP contribution in [-0.4, -0.2) is 38.3 Å². The number of nitrogens with zero attached hydrogens (tertiary/aromatic N) is 1. The van der Waals surface area contributed by atoms with Crippen LogP contribution in [0.15, 0.2) is 47.4 Å². The Hall–Kier alpha value is -2.09. The minimum Gasteiger partial charge on any atom is -0.494 e. The lowest BCUT2D eigenvalue weighted by atomic mass is 10.0. The molecule has 2 aromatic rings. The molecule has 6 nitrogen and oxygen atoms in total. The lowest BCUT2D eigenvalue weighted by Gasteiger charge is -2.29. The van der Waals surface area contributed by atoms with Crippen molar-refractivity contribution in [3.05, 3.63) is 58.6 Å². The molecule has 1 aliphatic rings. The van der Waals surface area contributed by atoms with Crippen LogP contribution in [0, 0.1) is 5.92 Å². The van der Waals surface area contributed by atoms with E-state index in [1.165, 1.54) is 22.5 Å². The number of hydrogen-bond acceptors (Lipinski definition) is 4. The monoisotopic (exact) mass is 450 g/mol. The van der Waals surface area contributed by atoms with Gasteiger partial charge in [-0.15, -0.1) is 0 Å². The van der Waals surface area contributed by atoms with Crippen LogP contribution in [0.1, 0.15) is 42.6 Å². The molecule has 0 aliphatic carbocycles. The number of halogens is 1. The first-order valence-electron chi connectivity index (χ1n) is 10.1. The average molecular weight is 451 g/mol. The predicted octanol–water partition coefficient (Wildman–Crippen LogP) is 4.09. The van der Waals surface area contributed by atoms with Gasteiger partial charge in [-0.05, 0) is 61.6 Å². The Bertz CT molecular complexity index is 985. The van der Waals surface area contributed by atoms with Gasteiger partial charge in [0.15, 0.2) is 0 Å².